The van der Waals surface area contributed by atoms with Gasteiger partial charge in [-0.15, -0.1) is 0 Å². The van der Waals surface area contributed by atoms with Crippen molar-refractivity contribution in [1.82, 2.24) is 10.3 Å². The van der Waals surface area contributed by atoms with Gasteiger partial charge in [-0.05, 0) is 50.8 Å². The van der Waals surface area contributed by atoms with Crippen LogP contribution in [0.2, 0.25) is 0 Å². The minimum absolute atomic E-state index is 0.289. The maximum absolute atomic E-state index is 13.2. The number of hydrogen-bond acceptors (Lipinski definition) is 3. The van der Waals surface area contributed by atoms with Crippen molar-refractivity contribution in [2.45, 2.75) is 52.7 Å². The van der Waals surface area contributed by atoms with Crippen LogP contribution in [0.3, 0.4) is 0 Å². The van der Waals surface area contributed by atoms with Crippen molar-refractivity contribution in [2.75, 3.05) is 0 Å². The number of rotatable bonds is 4. The Bertz CT molecular complexity index is 455. The van der Waals surface area contributed by atoms with Crippen LogP contribution in [0.4, 0.5) is 9.18 Å². The molecule has 1 rings (SSSR count). The van der Waals surface area contributed by atoms with Crippen LogP contribution in [-0.2, 0) is 4.74 Å². The Kier molecular flexibility index (Phi) is 5.48. The highest BCUT2D eigenvalue weighted by Gasteiger charge is 2.21. The standard InChI is InChI=1S/C15H23FN2O2/c1-10(2)8-12(11-6-7-17-13(16)9-11)18-14(19)20-15(3,4)5/h6-7,9-10,12H,8H2,1-5H3,(H,18,19). The zero-order valence-electron chi connectivity index (χ0n) is 12.7. The second-order valence-corrected chi connectivity index (χ2v) is 6.24. The van der Waals surface area contributed by atoms with Crippen LogP contribution >= 0.6 is 0 Å². The number of aromatic nitrogens is 1. The number of nitrogens with one attached hydrogen (secondary N) is 1. The van der Waals surface area contributed by atoms with Crippen LogP contribution in [-0.4, -0.2) is 16.7 Å². The molecule has 0 bridgehead atoms. The van der Waals surface area contributed by atoms with Gasteiger partial charge in [0.1, 0.15) is 5.60 Å². The molecule has 0 saturated heterocycles. The summed E-state index contributed by atoms with van der Waals surface area (Å²) in [6.45, 7) is 9.49. The highest BCUT2D eigenvalue weighted by Crippen LogP contribution is 2.22. The van der Waals surface area contributed by atoms with Crippen molar-refractivity contribution >= 4 is 6.09 Å². The molecule has 20 heavy (non-hydrogen) atoms. The van der Waals surface area contributed by atoms with Gasteiger partial charge < -0.3 is 10.1 Å². The predicted molar refractivity (Wildman–Crippen MR) is 75.8 cm³/mol. The van der Waals surface area contributed by atoms with Gasteiger partial charge in [0.2, 0.25) is 5.95 Å². The molecule has 1 aromatic rings. The summed E-state index contributed by atoms with van der Waals surface area (Å²) in [7, 11) is 0. The number of carbonyl (C=O) groups is 1. The van der Waals surface area contributed by atoms with Gasteiger partial charge in [-0.1, -0.05) is 13.8 Å². The smallest absolute Gasteiger partial charge is 0.408 e. The first-order valence-corrected chi connectivity index (χ1v) is 6.78. The summed E-state index contributed by atoms with van der Waals surface area (Å²) in [6.07, 6.45) is 1.60. The molecule has 0 aliphatic carbocycles. The zero-order chi connectivity index (χ0) is 15.3. The van der Waals surface area contributed by atoms with Gasteiger partial charge in [0.05, 0.1) is 6.04 Å². The van der Waals surface area contributed by atoms with E-state index in [0.717, 1.165) is 0 Å². The first kappa shape index (κ1) is 16.4. The van der Waals surface area contributed by atoms with Crippen molar-refractivity contribution in [1.29, 1.82) is 0 Å². The van der Waals surface area contributed by atoms with Gasteiger partial charge in [-0.2, -0.15) is 4.39 Å². The Labute approximate surface area is 119 Å². The summed E-state index contributed by atoms with van der Waals surface area (Å²) in [4.78, 5) is 15.4. The number of amides is 1. The molecular weight excluding hydrogens is 259 g/mol. The average Bonchev–Trinajstić information content (AvgIpc) is 2.24. The van der Waals surface area contributed by atoms with Crippen LogP contribution in [0.25, 0.3) is 0 Å². The van der Waals surface area contributed by atoms with E-state index in [1.807, 2.05) is 13.8 Å². The summed E-state index contributed by atoms with van der Waals surface area (Å²) in [5.41, 5.74) is 0.132. The van der Waals surface area contributed by atoms with Crippen LogP contribution < -0.4 is 5.32 Å². The molecule has 0 radical (unpaired) electrons. The zero-order valence-corrected chi connectivity index (χ0v) is 12.7. The van der Waals surface area contributed by atoms with Gasteiger partial charge in [0.15, 0.2) is 0 Å². The van der Waals surface area contributed by atoms with Gasteiger partial charge >= 0.3 is 6.09 Å². The Morgan fingerprint density at radius 3 is 2.60 bits per heavy atom. The summed E-state index contributed by atoms with van der Waals surface area (Å²) < 4.78 is 18.5. The number of pyridine rings is 1. The van der Waals surface area contributed by atoms with Gasteiger partial charge in [0, 0.05) is 6.20 Å². The monoisotopic (exact) mass is 282 g/mol. The van der Waals surface area contributed by atoms with Gasteiger partial charge in [-0.25, -0.2) is 9.78 Å². The summed E-state index contributed by atoms with van der Waals surface area (Å²) >= 11 is 0. The Morgan fingerprint density at radius 2 is 2.10 bits per heavy atom. The van der Waals surface area contributed by atoms with E-state index in [1.54, 1.807) is 26.8 Å². The number of nitrogens with zero attached hydrogens (tertiary/aromatic N) is 1. The fourth-order valence-corrected chi connectivity index (χ4v) is 1.83. The maximum Gasteiger partial charge on any atom is 0.408 e. The summed E-state index contributed by atoms with van der Waals surface area (Å²) in [5.74, 6) is -0.201. The lowest BCUT2D eigenvalue weighted by Gasteiger charge is -2.24. The van der Waals surface area contributed by atoms with Crippen molar-refractivity contribution < 1.29 is 13.9 Å². The van der Waals surface area contributed by atoms with Crippen molar-refractivity contribution in [3.8, 4) is 0 Å². The molecule has 1 atom stereocenters. The summed E-state index contributed by atoms with van der Waals surface area (Å²) in [5, 5.41) is 2.79. The number of ether oxygens (including phenoxy) is 1. The molecule has 1 heterocycles. The van der Waals surface area contributed by atoms with Crippen LogP contribution in [0.1, 0.15) is 52.6 Å². The molecule has 0 aliphatic rings. The third kappa shape index (κ3) is 5.99. The van der Waals surface area contributed by atoms with E-state index >= 15 is 0 Å². The predicted octanol–water partition coefficient (Wildman–Crippen LogP) is 3.83. The van der Waals surface area contributed by atoms with Crippen molar-refractivity contribution in [3.05, 3.63) is 29.8 Å². The van der Waals surface area contributed by atoms with Crippen molar-refractivity contribution in [2.24, 2.45) is 5.92 Å². The van der Waals surface area contributed by atoms with E-state index < -0.39 is 17.6 Å². The molecule has 0 saturated carbocycles. The van der Waals surface area contributed by atoms with Crippen LogP contribution in [0.15, 0.2) is 18.3 Å². The lowest BCUT2D eigenvalue weighted by molar-refractivity contribution is 0.0497. The van der Waals surface area contributed by atoms with E-state index in [2.05, 4.69) is 10.3 Å². The average molecular weight is 282 g/mol. The highest BCUT2D eigenvalue weighted by molar-refractivity contribution is 5.68. The van der Waals surface area contributed by atoms with Crippen LogP contribution in [0, 0.1) is 11.9 Å². The molecule has 5 heteroatoms. The second kappa shape index (κ2) is 6.68. The molecule has 112 valence electrons. The molecule has 4 nitrogen and oxygen atoms in total. The SMILES string of the molecule is CC(C)CC(NC(=O)OC(C)(C)C)c1ccnc(F)c1. The molecule has 1 unspecified atom stereocenters. The number of carbonyl (C=O) groups excluding carboxylic acids is 1. The van der Waals surface area contributed by atoms with E-state index in [9.17, 15) is 9.18 Å². The van der Waals surface area contributed by atoms with E-state index in [-0.39, 0.29) is 6.04 Å². The molecule has 0 aliphatic heterocycles. The lowest BCUT2D eigenvalue weighted by atomic mass is 9.98. The third-order valence-electron chi connectivity index (χ3n) is 2.55. The Hall–Kier alpha value is -1.65. The fraction of sp³-hybridized carbons (Fsp3) is 0.600. The molecule has 1 amide bonds. The largest absolute Gasteiger partial charge is 0.444 e. The minimum atomic E-state index is -0.560. The summed E-state index contributed by atoms with van der Waals surface area (Å²) in [6, 6.07) is 2.75. The third-order valence-corrected chi connectivity index (χ3v) is 2.55. The first-order chi connectivity index (χ1) is 9.17. The van der Waals surface area contributed by atoms with Crippen LogP contribution in [0.5, 0.6) is 0 Å². The second-order valence-electron chi connectivity index (χ2n) is 6.24. The van der Waals surface area contributed by atoms with E-state index in [1.165, 1.54) is 12.3 Å². The Balaban J connectivity index is 2.82. The molecule has 0 spiro atoms. The Morgan fingerprint density at radius 1 is 1.45 bits per heavy atom. The molecular formula is C15H23FN2O2. The molecule has 1 N–H and O–H groups in total. The highest BCUT2D eigenvalue weighted by atomic mass is 19.1. The fourth-order valence-electron chi connectivity index (χ4n) is 1.83. The topological polar surface area (TPSA) is 51.2 Å². The van der Waals surface area contributed by atoms with Crippen molar-refractivity contribution in [3.63, 3.8) is 0 Å². The lowest BCUT2D eigenvalue weighted by Crippen LogP contribution is -2.35. The minimum Gasteiger partial charge on any atom is -0.444 e. The number of hydrogen-bond donors (Lipinski definition) is 1. The van der Waals surface area contributed by atoms with E-state index in [0.29, 0.717) is 17.9 Å². The quantitative estimate of drug-likeness (QED) is 0.854. The maximum atomic E-state index is 13.2. The molecule has 0 fully saturated rings. The normalized spacial score (nSPS) is 13.2. The molecule has 1 aromatic heterocycles. The molecule has 0 aromatic carbocycles. The van der Waals surface area contributed by atoms with E-state index in [4.69, 9.17) is 4.74 Å². The first-order valence-electron chi connectivity index (χ1n) is 6.78. The number of halogens is 1. The van der Waals surface area contributed by atoms with Gasteiger partial charge in [0.25, 0.3) is 0 Å². The van der Waals surface area contributed by atoms with Gasteiger partial charge in [-0.3, -0.25) is 0 Å². The number of alkyl carbamates (subject to hydrolysis) is 1.